The van der Waals surface area contributed by atoms with Crippen LogP contribution in [0.15, 0.2) is 42.6 Å². The Labute approximate surface area is 200 Å². The minimum atomic E-state index is -0.922. The second-order valence-electron chi connectivity index (χ2n) is 8.91. The lowest BCUT2D eigenvalue weighted by Crippen LogP contribution is -2.13. The van der Waals surface area contributed by atoms with Crippen LogP contribution in [-0.2, 0) is 23.0 Å². The predicted octanol–water partition coefficient (Wildman–Crippen LogP) is 4.88. The Kier molecular flexibility index (Phi) is 8.55. The van der Waals surface area contributed by atoms with Gasteiger partial charge in [-0.25, -0.2) is 4.98 Å². The number of fused-ring (bicyclic) bond motifs is 1. The number of benzene rings is 1. The molecule has 0 aliphatic carbocycles. The van der Waals surface area contributed by atoms with Crippen LogP contribution < -0.4 is 0 Å². The molecule has 0 fully saturated rings. The lowest BCUT2D eigenvalue weighted by Gasteiger charge is -2.13. The molecule has 3 rings (SSSR count). The highest BCUT2D eigenvalue weighted by molar-refractivity contribution is 6.09. The number of nitriles is 1. The number of carboxylic acid groups (broad SMARTS) is 1. The number of nitrogens with zero attached hydrogens (tertiary/aromatic N) is 3. The lowest BCUT2D eigenvalue weighted by atomic mass is 9.94. The molecule has 0 bridgehead atoms. The fraction of sp³-hybridized carbons (Fsp3) is 0.407. The van der Waals surface area contributed by atoms with Crippen LogP contribution in [0, 0.1) is 17.2 Å². The number of hydrogen-bond acceptors (Lipinski definition) is 5. The van der Waals surface area contributed by atoms with Gasteiger partial charge in [0.25, 0.3) is 0 Å². The summed E-state index contributed by atoms with van der Waals surface area (Å²) < 4.78 is 7.81. The van der Waals surface area contributed by atoms with E-state index < -0.39 is 5.97 Å². The van der Waals surface area contributed by atoms with Gasteiger partial charge in [0.2, 0.25) is 0 Å². The monoisotopic (exact) mass is 461 g/mol. The van der Waals surface area contributed by atoms with Crippen LogP contribution in [-0.4, -0.2) is 39.6 Å². The van der Waals surface area contributed by atoms with E-state index in [1.54, 1.807) is 13.0 Å². The number of carboxylic acids is 1. The first-order chi connectivity index (χ1) is 16.3. The molecule has 2 atom stereocenters. The summed E-state index contributed by atoms with van der Waals surface area (Å²) in [6.07, 6.45) is 2.90. The number of Topliss-reactive ketones (excluding diaryl/α,β-unsaturated/α-hetero) is 1. The number of rotatable bonds is 12. The third kappa shape index (κ3) is 6.09. The summed E-state index contributed by atoms with van der Waals surface area (Å²) in [5.74, 6) is -1.04. The number of aryl methyl sites for hydroxylation is 1. The molecule has 1 aromatic carbocycles. The number of ketones is 1. The molecule has 0 saturated carbocycles. The first kappa shape index (κ1) is 25.1. The summed E-state index contributed by atoms with van der Waals surface area (Å²) in [5.41, 5.74) is 3.64. The SMILES string of the molecule is C[C@H](CC(=O)O)CC(=O)c1c(CCCOC[C@@H](C)c2ccccc2)n(C)c2ncc(C#N)cc12. The molecule has 7 nitrogen and oxygen atoms in total. The number of carbonyl (C=O) groups excluding carboxylic acids is 1. The number of aromatic nitrogens is 2. The van der Waals surface area contributed by atoms with Gasteiger partial charge in [0, 0.05) is 55.3 Å². The van der Waals surface area contributed by atoms with Crippen LogP contribution in [0.1, 0.15) is 66.2 Å². The summed E-state index contributed by atoms with van der Waals surface area (Å²) in [5, 5.41) is 19.0. The molecule has 2 aromatic heterocycles. The van der Waals surface area contributed by atoms with Gasteiger partial charge >= 0.3 is 5.97 Å². The van der Waals surface area contributed by atoms with E-state index in [-0.39, 0.29) is 24.5 Å². The van der Waals surface area contributed by atoms with Gasteiger partial charge in [-0.05, 0) is 30.4 Å². The normalized spacial score (nSPS) is 12.9. The zero-order valence-electron chi connectivity index (χ0n) is 20.0. The zero-order chi connectivity index (χ0) is 24.7. The van der Waals surface area contributed by atoms with Gasteiger partial charge in [-0.3, -0.25) is 9.59 Å². The van der Waals surface area contributed by atoms with Crippen molar-refractivity contribution in [1.82, 2.24) is 9.55 Å². The standard InChI is InChI=1S/C27H31N3O4/c1-18(13-25(32)33)12-24(31)26-22-14-20(15-28)16-29-27(22)30(3)23(26)10-7-11-34-17-19(2)21-8-5-4-6-9-21/h4-6,8-9,14,16,18-19H,7,10-13,17H2,1-3H3,(H,32,33)/t18-,19+/m0/s1. The second-order valence-corrected chi connectivity index (χ2v) is 8.91. The van der Waals surface area contributed by atoms with E-state index in [0.717, 1.165) is 12.1 Å². The molecule has 0 aliphatic heterocycles. The van der Waals surface area contributed by atoms with E-state index in [1.165, 1.54) is 11.8 Å². The van der Waals surface area contributed by atoms with E-state index in [2.05, 4.69) is 30.1 Å². The third-order valence-corrected chi connectivity index (χ3v) is 6.05. The minimum Gasteiger partial charge on any atom is -0.481 e. The van der Waals surface area contributed by atoms with E-state index in [9.17, 15) is 14.9 Å². The van der Waals surface area contributed by atoms with Gasteiger partial charge in [-0.2, -0.15) is 5.26 Å². The first-order valence-electron chi connectivity index (χ1n) is 11.6. The van der Waals surface area contributed by atoms with Gasteiger partial charge in [-0.1, -0.05) is 44.2 Å². The quantitative estimate of drug-likeness (QED) is 0.304. The van der Waals surface area contributed by atoms with Crippen LogP contribution in [0.3, 0.4) is 0 Å². The number of aliphatic carboxylic acids is 1. The van der Waals surface area contributed by atoms with Crippen molar-refractivity contribution in [3.05, 3.63) is 65.0 Å². The average Bonchev–Trinajstić information content (AvgIpc) is 3.09. The highest BCUT2D eigenvalue weighted by Gasteiger charge is 2.24. The Morgan fingerprint density at radius 1 is 1.21 bits per heavy atom. The van der Waals surface area contributed by atoms with Crippen LogP contribution in [0.5, 0.6) is 0 Å². The van der Waals surface area contributed by atoms with Gasteiger partial charge in [0.1, 0.15) is 11.7 Å². The number of hydrogen-bond donors (Lipinski definition) is 1. The van der Waals surface area contributed by atoms with E-state index in [1.807, 2.05) is 29.8 Å². The molecule has 178 valence electrons. The topological polar surface area (TPSA) is 105 Å². The maximum absolute atomic E-state index is 13.3. The Morgan fingerprint density at radius 3 is 2.62 bits per heavy atom. The molecule has 0 spiro atoms. The summed E-state index contributed by atoms with van der Waals surface area (Å²) in [6, 6.07) is 14.0. The molecule has 7 heteroatoms. The largest absolute Gasteiger partial charge is 0.481 e. The molecule has 3 aromatic rings. The molecule has 0 saturated heterocycles. The molecular weight excluding hydrogens is 430 g/mol. The van der Waals surface area contributed by atoms with Crippen LogP contribution >= 0.6 is 0 Å². The zero-order valence-corrected chi connectivity index (χ0v) is 20.0. The smallest absolute Gasteiger partial charge is 0.303 e. The predicted molar refractivity (Wildman–Crippen MR) is 130 cm³/mol. The van der Waals surface area contributed by atoms with Gasteiger partial charge in [0.15, 0.2) is 5.78 Å². The molecule has 0 radical (unpaired) electrons. The van der Waals surface area contributed by atoms with Crippen LogP contribution in [0.2, 0.25) is 0 Å². The minimum absolute atomic E-state index is 0.0685. The van der Waals surface area contributed by atoms with Crippen molar-refractivity contribution in [3.63, 3.8) is 0 Å². The Balaban J connectivity index is 1.74. The molecule has 34 heavy (non-hydrogen) atoms. The maximum Gasteiger partial charge on any atom is 0.303 e. The van der Waals surface area contributed by atoms with Crippen LogP contribution in [0.4, 0.5) is 0 Å². The fourth-order valence-corrected chi connectivity index (χ4v) is 4.29. The lowest BCUT2D eigenvalue weighted by molar-refractivity contribution is -0.137. The van der Waals surface area contributed by atoms with Crippen molar-refractivity contribution in [2.75, 3.05) is 13.2 Å². The molecule has 2 heterocycles. The summed E-state index contributed by atoms with van der Waals surface area (Å²) >= 11 is 0. The van der Waals surface area contributed by atoms with E-state index >= 15 is 0 Å². The maximum atomic E-state index is 13.3. The van der Waals surface area contributed by atoms with Crippen molar-refractivity contribution >= 4 is 22.8 Å². The number of ether oxygens (including phenoxy) is 1. The molecular formula is C27H31N3O4. The van der Waals surface area contributed by atoms with Gasteiger partial charge < -0.3 is 14.4 Å². The Hall–Kier alpha value is -3.50. The van der Waals surface area contributed by atoms with Crippen molar-refractivity contribution in [1.29, 1.82) is 5.26 Å². The molecule has 0 amide bonds. The van der Waals surface area contributed by atoms with Gasteiger partial charge in [-0.15, -0.1) is 0 Å². The van der Waals surface area contributed by atoms with Crippen molar-refractivity contribution in [2.45, 2.75) is 45.4 Å². The average molecular weight is 462 g/mol. The summed E-state index contributed by atoms with van der Waals surface area (Å²) in [7, 11) is 1.87. The number of pyridine rings is 1. The first-order valence-corrected chi connectivity index (χ1v) is 11.6. The van der Waals surface area contributed by atoms with E-state index in [0.29, 0.717) is 47.7 Å². The molecule has 0 unspecified atom stereocenters. The molecule has 0 aliphatic rings. The Bertz CT molecular complexity index is 1190. The highest BCUT2D eigenvalue weighted by atomic mass is 16.5. The Morgan fingerprint density at radius 2 is 1.94 bits per heavy atom. The van der Waals surface area contributed by atoms with Gasteiger partial charge in [0.05, 0.1) is 12.2 Å². The van der Waals surface area contributed by atoms with Crippen molar-refractivity contribution in [3.8, 4) is 6.07 Å². The van der Waals surface area contributed by atoms with Crippen molar-refractivity contribution < 1.29 is 19.4 Å². The molecule has 1 N–H and O–H groups in total. The third-order valence-electron chi connectivity index (χ3n) is 6.05. The van der Waals surface area contributed by atoms with Crippen LogP contribution in [0.25, 0.3) is 11.0 Å². The highest BCUT2D eigenvalue weighted by Crippen LogP contribution is 2.29. The fourth-order valence-electron chi connectivity index (χ4n) is 4.29. The second kappa shape index (κ2) is 11.6. The van der Waals surface area contributed by atoms with Crippen molar-refractivity contribution in [2.24, 2.45) is 13.0 Å². The number of carbonyl (C=O) groups is 2. The summed E-state index contributed by atoms with van der Waals surface area (Å²) in [4.78, 5) is 28.7. The van der Waals surface area contributed by atoms with E-state index in [4.69, 9.17) is 9.84 Å². The summed E-state index contributed by atoms with van der Waals surface area (Å²) in [6.45, 7) is 5.06.